The highest BCUT2D eigenvalue weighted by molar-refractivity contribution is 7.92. The Balaban J connectivity index is 1.50. The second-order valence-electron chi connectivity index (χ2n) is 9.49. The van der Waals surface area contributed by atoms with Gasteiger partial charge in [-0.1, -0.05) is 48.0 Å². The van der Waals surface area contributed by atoms with Gasteiger partial charge in [-0.15, -0.1) is 0 Å². The monoisotopic (exact) mass is 600 g/mol. The van der Waals surface area contributed by atoms with E-state index in [1.54, 1.807) is 79.7 Å². The standard InChI is InChI=1S/C32H32N4O6S/c1-22-10-16-27(17-11-22)36(43(39,40)28-18-19-29(41-3)30(20-28)42-4)21-31(37)35-34-23(2)24-12-14-26(15-13-24)33-32(38)25-8-6-5-7-9-25/h5-20H,21H2,1-4H3,(H,33,38)(H,35,37)/b34-23-. The van der Waals surface area contributed by atoms with Crippen molar-refractivity contribution in [2.75, 3.05) is 30.4 Å². The third-order valence-electron chi connectivity index (χ3n) is 6.50. The molecule has 0 aliphatic carbocycles. The fourth-order valence-electron chi connectivity index (χ4n) is 4.09. The lowest BCUT2D eigenvalue weighted by Gasteiger charge is -2.24. The van der Waals surface area contributed by atoms with Crippen LogP contribution in [0.4, 0.5) is 11.4 Å². The van der Waals surface area contributed by atoms with E-state index < -0.39 is 22.5 Å². The Kier molecular flexibility index (Phi) is 9.79. The first-order valence-electron chi connectivity index (χ1n) is 13.2. The minimum atomic E-state index is -4.19. The number of rotatable bonds is 11. The lowest BCUT2D eigenvalue weighted by molar-refractivity contribution is -0.119. The largest absolute Gasteiger partial charge is 0.493 e. The summed E-state index contributed by atoms with van der Waals surface area (Å²) in [7, 11) is -1.33. The van der Waals surface area contributed by atoms with Crippen molar-refractivity contribution in [2.45, 2.75) is 18.7 Å². The molecule has 0 fully saturated rings. The van der Waals surface area contributed by atoms with Crippen molar-refractivity contribution in [3.8, 4) is 11.5 Å². The molecule has 222 valence electrons. The SMILES string of the molecule is COc1ccc(S(=O)(=O)N(CC(=O)N/N=C(/C)c2ccc(NC(=O)c3ccccc3)cc2)c2ccc(C)cc2)cc1OC. The number of carbonyl (C=O) groups is 2. The van der Waals surface area contributed by atoms with Gasteiger partial charge in [-0.25, -0.2) is 13.8 Å². The predicted molar refractivity (Wildman–Crippen MR) is 166 cm³/mol. The Morgan fingerprint density at radius 1 is 0.814 bits per heavy atom. The first kappa shape index (κ1) is 30.8. The second kappa shape index (κ2) is 13.7. The molecule has 0 aliphatic rings. The van der Waals surface area contributed by atoms with Crippen molar-refractivity contribution >= 4 is 38.9 Å². The summed E-state index contributed by atoms with van der Waals surface area (Å²) >= 11 is 0. The zero-order valence-corrected chi connectivity index (χ0v) is 25.0. The number of amides is 2. The zero-order chi connectivity index (χ0) is 31.0. The van der Waals surface area contributed by atoms with Crippen LogP contribution in [-0.4, -0.2) is 46.7 Å². The molecule has 0 radical (unpaired) electrons. The molecule has 4 aromatic carbocycles. The van der Waals surface area contributed by atoms with Crippen LogP contribution in [0, 0.1) is 6.92 Å². The van der Waals surface area contributed by atoms with E-state index >= 15 is 0 Å². The van der Waals surface area contributed by atoms with Crippen molar-refractivity contribution in [3.63, 3.8) is 0 Å². The van der Waals surface area contributed by atoms with E-state index in [2.05, 4.69) is 15.8 Å². The molecule has 2 amide bonds. The van der Waals surface area contributed by atoms with E-state index in [9.17, 15) is 18.0 Å². The Morgan fingerprint density at radius 3 is 2.09 bits per heavy atom. The Hall–Kier alpha value is -5.16. The van der Waals surface area contributed by atoms with Gasteiger partial charge in [-0.2, -0.15) is 5.10 Å². The number of hydrogen-bond acceptors (Lipinski definition) is 7. The molecule has 4 aromatic rings. The van der Waals surface area contributed by atoms with E-state index in [0.29, 0.717) is 34.0 Å². The summed E-state index contributed by atoms with van der Waals surface area (Å²) in [6.45, 7) is 3.06. The second-order valence-corrected chi connectivity index (χ2v) is 11.4. The number of nitrogens with zero attached hydrogens (tertiary/aromatic N) is 2. The molecular weight excluding hydrogens is 568 g/mol. The van der Waals surface area contributed by atoms with Gasteiger partial charge in [0.15, 0.2) is 11.5 Å². The molecule has 0 bridgehead atoms. The zero-order valence-electron chi connectivity index (χ0n) is 24.2. The fraction of sp³-hybridized carbons (Fsp3) is 0.156. The van der Waals surface area contributed by atoms with Gasteiger partial charge < -0.3 is 14.8 Å². The average molecular weight is 601 g/mol. The van der Waals surface area contributed by atoms with Crippen molar-refractivity contribution in [1.29, 1.82) is 0 Å². The molecule has 0 saturated heterocycles. The Bertz CT molecular complexity index is 1720. The third kappa shape index (κ3) is 7.57. The van der Waals surface area contributed by atoms with Crippen LogP contribution < -0.4 is 24.5 Å². The summed E-state index contributed by atoms with van der Waals surface area (Å²) in [5.41, 5.74) is 6.02. The summed E-state index contributed by atoms with van der Waals surface area (Å²) in [5, 5.41) is 7.00. The van der Waals surface area contributed by atoms with Crippen LogP contribution in [0.3, 0.4) is 0 Å². The molecule has 4 rings (SSSR count). The number of carbonyl (C=O) groups excluding carboxylic acids is 2. The summed E-state index contributed by atoms with van der Waals surface area (Å²) in [5.74, 6) is -0.261. The lowest BCUT2D eigenvalue weighted by atomic mass is 10.1. The number of benzene rings is 4. The van der Waals surface area contributed by atoms with Crippen LogP contribution >= 0.6 is 0 Å². The molecule has 0 aliphatic heterocycles. The molecule has 0 aromatic heterocycles. The molecule has 0 spiro atoms. The maximum atomic E-state index is 13.8. The Labute approximate surface area is 251 Å². The van der Waals surface area contributed by atoms with Gasteiger partial charge >= 0.3 is 0 Å². The first-order chi connectivity index (χ1) is 20.6. The summed E-state index contributed by atoms with van der Waals surface area (Å²) in [6, 6.07) is 26.9. The number of anilines is 2. The average Bonchev–Trinajstić information content (AvgIpc) is 3.03. The van der Waals surface area contributed by atoms with Gasteiger partial charge in [0.1, 0.15) is 6.54 Å². The number of ether oxygens (including phenoxy) is 2. The number of methoxy groups -OCH3 is 2. The number of aryl methyl sites for hydroxylation is 1. The lowest BCUT2D eigenvalue weighted by Crippen LogP contribution is -2.39. The van der Waals surface area contributed by atoms with Crippen LogP contribution in [0.1, 0.15) is 28.4 Å². The Morgan fingerprint density at radius 2 is 1.47 bits per heavy atom. The molecule has 0 saturated carbocycles. The smallest absolute Gasteiger partial charge is 0.264 e. The van der Waals surface area contributed by atoms with Gasteiger partial charge in [0.05, 0.1) is 30.5 Å². The fourth-order valence-corrected chi connectivity index (χ4v) is 5.53. The van der Waals surface area contributed by atoms with Crippen molar-refractivity contribution in [2.24, 2.45) is 5.10 Å². The molecule has 11 heteroatoms. The van der Waals surface area contributed by atoms with Crippen LogP contribution in [0.5, 0.6) is 11.5 Å². The highest BCUT2D eigenvalue weighted by atomic mass is 32.2. The minimum absolute atomic E-state index is 0.0716. The molecule has 10 nitrogen and oxygen atoms in total. The molecule has 2 N–H and O–H groups in total. The van der Waals surface area contributed by atoms with Crippen LogP contribution in [0.2, 0.25) is 0 Å². The molecular formula is C32H32N4O6S. The summed E-state index contributed by atoms with van der Waals surface area (Å²) in [4.78, 5) is 25.4. The number of nitrogens with one attached hydrogen (secondary N) is 2. The maximum Gasteiger partial charge on any atom is 0.264 e. The normalized spacial score (nSPS) is 11.4. The molecule has 43 heavy (non-hydrogen) atoms. The van der Waals surface area contributed by atoms with E-state index in [4.69, 9.17) is 9.47 Å². The molecule has 0 atom stereocenters. The van der Waals surface area contributed by atoms with Crippen LogP contribution in [0.15, 0.2) is 107 Å². The van der Waals surface area contributed by atoms with Crippen LogP contribution in [-0.2, 0) is 14.8 Å². The molecule has 0 unspecified atom stereocenters. The van der Waals surface area contributed by atoms with Gasteiger partial charge in [-0.05, 0) is 67.9 Å². The maximum absolute atomic E-state index is 13.8. The van der Waals surface area contributed by atoms with Crippen molar-refractivity contribution in [3.05, 3.63) is 114 Å². The molecule has 0 heterocycles. The third-order valence-corrected chi connectivity index (χ3v) is 8.27. The quantitative estimate of drug-likeness (QED) is 0.184. The van der Waals surface area contributed by atoms with Gasteiger partial charge in [0.2, 0.25) is 0 Å². The number of hydrogen-bond donors (Lipinski definition) is 2. The summed E-state index contributed by atoms with van der Waals surface area (Å²) < 4.78 is 39.0. The highest BCUT2D eigenvalue weighted by Gasteiger charge is 2.28. The summed E-state index contributed by atoms with van der Waals surface area (Å²) in [6.07, 6.45) is 0. The van der Waals surface area contributed by atoms with Gasteiger partial charge in [0.25, 0.3) is 21.8 Å². The predicted octanol–water partition coefficient (Wildman–Crippen LogP) is 5.00. The highest BCUT2D eigenvalue weighted by Crippen LogP contribution is 2.32. The van der Waals surface area contributed by atoms with Gasteiger partial charge in [0, 0.05) is 17.3 Å². The van der Waals surface area contributed by atoms with Crippen molar-refractivity contribution < 1.29 is 27.5 Å². The van der Waals surface area contributed by atoms with Crippen LogP contribution in [0.25, 0.3) is 0 Å². The minimum Gasteiger partial charge on any atom is -0.493 e. The van der Waals surface area contributed by atoms with E-state index in [1.807, 2.05) is 13.0 Å². The van der Waals surface area contributed by atoms with Crippen molar-refractivity contribution in [1.82, 2.24) is 5.43 Å². The van der Waals surface area contributed by atoms with E-state index in [-0.39, 0.29) is 16.6 Å². The number of hydrazone groups is 1. The number of sulfonamides is 1. The first-order valence-corrected chi connectivity index (χ1v) is 14.7. The van der Waals surface area contributed by atoms with Gasteiger partial charge in [-0.3, -0.25) is 13.9 Å². The van der Waals surface area contributed by atoms with E-state index in [0.717, 1.165) is 9.87 Å². The van der Waals surface area contributed by atoms with E-state index in [1.165, 1.54) is 32.4 Å². The topological polar surface area (TPSA) is 126 Å².